The first-order valence-electron chi connectivity index (χ1n) is 27.3. The van der Waals surface area contributed by atoms with Gasteiger partial charge < -0.3 is 19.4 Å². The van der Waals surface area contributed by atoms with Crippen molar-refractivity contribution in [2.24, 2.45) is 0 Å². The van der Waals surface area contributed by atoms with Crippen LogP contribution >= 0.6 is 7.82 Å². The lowest BCUT2D eigenvalue weighted by Crippen LogP contribution is -2.47. The van der Waals surface area contributed by atoms with Crippen molar-refractivity contribution in [3.05, 3.63) is 36.5 Å². The monoisotopic (exact) mass is 938 g/mol. The Kier molecular flexibility index (Phi) is 44.7. The number of allylic oxidation sites excluding steroid dienone is 5. The van der Waals surface area contributed by atoms with Gasteiger partial charge in [0.05, 0.1) is 33.8 Å². The van der Waals surface area contributed by atoms with Crippen molar-refractivity contribution >= 4 is 19.7 Å². The SMILES string of the molecule is CCCC/C=C\CCCCCCCC(=O)NC(COP(=O)(O)OCC[N+](C)(C)C)C(/C=C\CCCCCCCCCCC)OC(=O)CCCCCCCCC/C=C/CCCCCCCC. The van der Waals surface area contributed by atoms with E-state index in [0.717, 1.165) is 83.5 Å². The predicted octanol–water partition coefficient (Wildman–Crippen LogP) is 16.0. The molecule has 0 saturated carbocycles. The zero-order valence-electron chi connectivity index (χ0n) is 43.5. The van der Waals surface area contributed by atoms with Gasteiger partial charge in [0.15, 0.2) is 0 Å². The zero-order chi connectivity index (χ0) is 48.0. The summed E-state index contributed by atoms with van der Waals surface area (Å²) in [5, 5.41) is 3.03. The van der Waals surface area contributed by atoms with Gasteiger partial charge in [-0.05, 0) is 76.7 Å². The second-order valence-corrected chi connectivity index (χ2v) is 21.2. The fourth-order valence-electron chi connectivity index (χ4n) is 7.74. The van der Waals surface area contributed by atoms with Crippen LogP contribution in [0.5, 0.6) is 0 Å². The maximum Gasteiger partial charge on any atom is 0.472 e. The van der Waals surface area contributed by atoms with Gasteiger partial charge >= 0.3 is 13.8 Å². The molecule has 0 aromatic heterocycles. The number of amides is 1. The molecule has 9 nitrogen and oxygen atoms in total. The molecule has 2 N–H and O–H groups in total. The molecule has 0 aliphatic carbocycles. The number of hydrogen-bond donors (Lipinski definition) is 2. The summed E-state index contributed by atoms with van der Waals surface area (Å²) < 4.78 is 30.5. The molecule has 0 rings (SSSR count). The molecule has 0 aromatic rings. The van der Waals surface area contributed by atoms with Gasteiger partial charge in [0.1, 0.15) is 19.3 Å². The lowest BCUT2D eigenvalue weighted by Gasteiger charge is -2.27. The minimum Gasteiger partial charge on any atom is -0.456 e. The predicted molar refractivity (Wildman–Crippen MR) is 277 cm³/mol. The number of hydrogen-bond acceptors (Lipinski definition) is 6. The molecular formula is C55H106N2O7P+. The Morgan fingerprint density at radius 3 is 1.35 bits per heavy atom. The average Bonchev–Trinajstić information content (AvgIpc) is 3.26. The molecule has 0 aliphatic heterocycles. The summed E-state index contributed by atoms with van der Waals surface area (Å²) in [5.41, 5.74) is 0. The van der Waals surface area contributed by atoms with E-state index in [0.29, 0.717) is 17.4 Å². The van der Waals surface area contributed by atoms with E-state index in [1.807, 2.05) is 33.3 Å². The molecule has 10 heteroatoms. The maximum atomic E-state index is 13.4. The van der Waals surface area contributed by atoms with Crippen LogP contribution in [-0.4, -0.2) is 74.3 Å². The van der Waals surface area contributed by atoms with Crippen molar-refractivity contribution in [1.82, 2.24) is 5.32 Å². The fraction of sp³-hybridized carbons (Fsp3) is 0.855. The number of esters is 1. The summed E-state index contributed by atoms with van der Waals surface area (Å²) in [6, 6.07) is -0.849. The van der Waals surface area contributed by atoms with E-state index in [4.69, 9.17) is 13.8 Å². The third kappa shape index (κ3) is 47.1. The fourth-order valence-corrected chi connectivity index (χ4v) is 8.47. The molecule has 3 unspecified atom stereocenters. The summed E-state index contributed by atoms with van der Waals surface area (Å²) in [6.45, 7) is 6.95. The number of phosphoric ester groups is 1. The minimum absolute atomic E-state index is 0.0389. The molecule has 3 atom stereocenters. The van der Waals surface area contributed by atoms with E-state index in [-0.39, 0.29) is 31.5 Å². The first-order valence-corrected chi connectivity index (χ1v) is 28.8. The summed E-state index contributed by atoms with van der Waals surface area (Å²) in [7, 11) is 1.49. The van der Waals surface area contributed by atoms with Crippen LogP contribution in [0.4, 0.5) is 0 Å². The molecule has 382 valence electrons. The van der Waals surface area contributed by atoms with Gasteiger partial charge in [-0.15, -0.1) is 0 Å². The Bertz CT molecular complexity index is 1220. The first-order chi connectivity index (χ1) is 31.4. The number of quaternary nitrogens is 1. The number of carbonyl (C=O) groups is 2. The van der Waals surface area contributed by atoms with E-state index in [1.54, 1.807) is 0 Å². The lowest BCUT2D eigenvalue weighted by atomic mass is 10.1. The van der Waals surface area contributed by atoms with Crippen molar-refractivity contribution in [2.75, 3.05) is 40.9 Å². The van der Waals surface area contributed by atoms with Gasteiger partial charge in [-0.25, -0.2) is 4.57 Å². The number of unbranched alkanes of at least 4 members (excludes halogenated alkanes) is 29. The molecule has 0 heterocycles. The van der Waals surface area contributed by atoms with Crippen molar-refractivity contribution in [1.29, 1.82) is 0 Å². The van der Waals surface area contributed by atoms with Crippen LogP contribution in [-0.2, 0) is 27.9 Å². The molecule has 0 aliphatic rings. The van der Waals surface area contributed by atoms with Crippen LogP contribution in [0, 0.1) is 0 Å². The standard InChI is InChI=1S/C55H105N2O7P/c1-7-10-13-16-19-22-25-26-27-28-29-30-33-36-39-42-45-48-55(59)64-53(46-43-40-37-34-31-23-20-17-14-11-8-2)52(51-63-65(60,61)62-50-49-57(4,5)6)56-54(58)47-44-41-38-35-32-24-21-18-15-12-9-3/h18,21,26-27,43,46,52-53H,7-17,19-20,22-25,28-42,44-45,47-51H2,1-6H3,(H-,56,58,60,61)/p+1/b21-18-,27-26+,46-43-. The van der Waals surface area contributed by atoms with Crippen LogP contribution in [0.1, 0.15) is 252 Å². The summed E-state index contributed by atoms with van der Waals surface area (Å²) in [6.07, 6.45) is 52.8. The minimum atomic E-state index is -4.44. The van der Waals surface area contributed by atoms with Crippen LogP contribution in [0.2, 0.25) is 0 Å². The maximum absolute atomic E-state index is 13.4. The molecule has 0 aromatic carbocycles. The van der Waals surface area contributed by atoms with E-state index in [2.05, 4.69) is 50.4 Å². The average molecular weight is 938 g/mol. The number of likely N-dealkylation sites (N-methyl/N-ethyl adjacent to an activating group) is 1. The van der Waals surface area contributed by atoms with E-state index in [9.17, 15) is 19.0 Å². The van der Waals surface area contributed by atoms with Crippen LogP contribution in [0.15, 0.2) is 36.5 Å². The Morgan fingerprint density at radius 1 is 0.523 bits per heavy atom. The molecule has 1 amide bonds. The summed E-state index contributed by atoms with van der Waals surface area (Å²) in [4.78, 5) is 37.4. The first kappa shape index (κ1) is 63.2. The number of nitrogens with zero attached hydrogens (tertiary/aromatic N) is 1. The molecule has 65 heavy (non-hydrogen) atoms. The molecule has 0 radical (unpaired) electrons. The topological polar surface area (TPSA) is 111 Å². The Morgan fingerprint density at radius 2 is 0.908 bits per heavy atom. The van der Waals surface area contributed by atoms with Crippen molar-refractivity contribution in [2.45, 2.75) is 264 Å². The molecule has 0 saturated heterocycles. The van der Waals surface area contributed by atoms with Gasteiger partial charge in [-0.1, -0.05) is 199 Å². The molecular weight excluding hydrogens is 832 g/mol. The number of nitrogens with one attached hydrogen (secondary N) is 1. The van der Waals surface area contributed by atoms with Crippen LogP contribution in [0.25, 0.3) is 0 Å². The highest BCUT2D eigenvalue weighted by atomic mass is 31.2. The second kappa shape index (κ2) is 46.0. The normalized spacial score (nSPS) is 14.1. The molecule has 0 fully saturated rings. The van der Waals surface area contributed by atoms with Crippen molar-refractivity contribution in [3.8, 4) is 0 Å². The van der Waals surface area contributed by atoms with Crippen LogP contribution in [0.3, 0.4) is 0 Å². The number of ether oxygens (including phenoxy) is 1. The van der Waals surface area contributed by atoms with Gasteiger partial charge in [-0.3, -0.25) is 18.6 Å². The number of carbonyl (C=O) groups excluding carboxylic acids is 2. The van der Waals surface area contributed by atoms with E-state index in [1.165, 1.54) is 135 Å². The van der Waals surface area contributed by atoms with Gasteiger partial charge in [-0.2, -0.15) is 0 Å². The smallest absolute Gasteiger partial charge is 0.456 e. The Labute approximate surface area is 402 Å². The lowest BCUT2D eigenvalue weighted by molar-refractivity contribution is -0.870. The van der Waals surface area contributed by atoms with Gasteiger partial charge in [0.25, 0.3) is 0 Å². The van der Waals surface area contributed by atoms with Crippen molar-refractivity contribution < 1.29 is 37.3 Å². The third-order valence-corrected chi connectivity index (χ3v) is 13.0. The highest BCUT2D eigenvalue weighted by Gasteiger charge is 2.30. The van der Waals surface area contributed by atoms with Crippen molar-refractivity contribution in [3.63, 3.8) is 0 Å². The third-order valence-electron chi connectivity index (χ3n) is 12.1. The summed E-state index contributed by atoms with van der Waals surface area (Å²) in [5.74, 6) is -0.518. The quantitative estimate of drug-likeness (QED) is 0.0205. The highest BCUT2D eigenvalue weighted by Crippen LogP contribution is 2.43. The molecule has 0 spiro atoms. The Hall–Kier alpha value is -1.77. The van der Waals surface area contributed by atoms with E-state index >= 15 is 0 Å². The zero-order valence-corrected chi connectivity index (χ0v) is 44.4. The van der Waals surface area contributed by atoms with E-state index < -0.39 is 20.0 Å². The van der Waals surface area contributed by atoms with Gasteiger partial charge in [0.2, 0.25) is 5.91 Å². The van der Waals surface area contributed by atoms with Gasteiger partial charge in [0, 0.05) is 12.8 Å². The summed E-state index contributed by atoms with van der Waals surface area (Å²) >= 11 is 0. The number of rotatable bonds is 49. The largest absolute Gasteiger partial charge is 0.472 e. The Balaban J connectivity index is 5.33. The second-order valence-electron chi connectivity index (χ2n) is 19.7. The molecule has 0 bridgehead atoms. The highest BCUT2D eigenvalue weighted by molar-refractivity contribution is 7.47. The van der Waals surface area contributed by atoms with Crippen LogP contribution < -0.4 is 5.32 Å². The number of phosphoric acid groups is 1.